The first-order chi connectivity index (χ1) is 14.5. The van der Waals surface area contributed by atoms with Crippen LogP contribution in [-0.2, 0) is 6.54 Å². The van der Waals surface area contributed by atoms with E-state index in [1.54, 1.807) is 29.5 Å². The summed E-state index contributed by atoms with van der Waals surface area (Å²) in [6, 6.07) is 21.2. The van der Waals surface area contributed by atoms with Gasteiger partial charge in [0.2, 0.25) is 0 Å². The second-order valence-electron chi connectivity index (χ2n) is 6.91. The van der Waals surface area contributed by atoms with Gasteiger partial charge in [-0.1, -0.05) is 77.3 Å². The van der Waals surface area contributed by atoms with Gasteiger partial charge < -0.3 is 5.32 Å². The molecule has 150 valence electrons. The molecule has 0 aliphatic heterocycles. The Hall–Kier alpha value is -2.66. The molecule has 0 spiro atoms. The lowest BCUT2D eigenvalue weighted by Gasteiger charge is -2.08. The van der Waals surface area contributed by atoms with E-state index in [4.69, 9.17) is 28.2 Å². The number of nitrogens with zero attached hydrogens (tertiary/aromatic N) is 1. The lowest BCUT2D eigenvalue weighted by Crippen LogP contribution is -2.23. The molecular formula is C24H18Cl2N2OS. The van der Waals surface area contributed by atoms with E-state index in [1.807, 2.05) is 24.3 Å². The van der Waals surface area contributed by atoms with E-state index in [9.17, 15) is 4.79 Å². The Labute approximate surface area is 189 Å². The maximum Gasteiger partial charge on any atom is 0.253 e. The van der Waals surface area contributed by atoms with Crippen molar-refractivity contribution >= 4 is 40.4 Å². The molecule has 0 fully saturated rings. The van der Waals surface area contributed by atoms with E-state index in [0.717, 1.165) is 27.4 Å². The third-order valence-electron chi connectivity index (χ3n) is 4.68. The fourth-order valence-electron chi connectivity index (χ4n) is 2.98. The van der Waals surface area contributed by atoms with Crippen molar-refractivity contribution in [2.45, 2.75) is 13.5 Å². The van der Waals surface area contributed by atoms with Gasteiger partial charge in [-0.15, -0.1) is 11.3 Å². The van der Waals surface area contributed by atoms with Gasteiger partial charge >= 0.3 is 0 Å². The first-order valence-corrected chi connectivity index (χ1v) is 11.0. The monoisotopic (exact) mass is 452 g/mol. The van der Waals surface area contributed by atoms with Gasteiger partial charge in [0.1, 0.15) is 5.01 Å². The molecule has 4 rings (SSSR count). The van der Waals surface area contributed by atoms with E-state index >= 15 is 0 Å². The van der Waals surface area contributed by atoms with Crippen LogP contribution in [0.1, 0.15) is 21.5 Å². The number of nitrogens with one attached hydrogen (secondary N) is 1. The van der Waals surface area contributed by atoms with Gasteiger partial charge in [0.25, 0.3) is 5.91 Å². The molecule has 0 aliphatic rings. The van der Waals surface area contributed by atoms with Gasteiger partial charge in [-0.3, -0.25) is 4.79 Å². The Morgan fingerprint density at radius 3 is 2.40 bits per heavy atom. The number of aromatic nitrogens is 1. The Morgan fingerprint density at radius 2 is 1.67 bits per heavy atom. The molecule has 0 bridgehead atoms. The number of benzene rings is 3. The van der Waals surface area contributed by atoms with Gasteiger partial charge in [-0.05, 0) is 30.7 Å². The van der Waals surface area contributed by atoms with Gasteiger partial charge in [-0.25, -0.2) is 4.98 Å². The highest BCUT2D eigenvalue weighted by molar-refractivity contribution is 7.13. The summed E-state index contributed by atoms with van der Waals surface area (Å²) >= 11 is 13.7. The minimum absolute atomic E-state index is 0.255. The Morgan fingerprint density at radius 1 is 0.967 bits per heavy atom. The summed E-state index contributed by atoms with van der Waals surface area (Å²) < 4.78 is 0. The summed E-state index contributed by atoms with van der Waals surface area (Å²) in [4.78, 5) is 17.1. The van der Waals surface area contributed by atoms with Crippen LogP contribution in [0, 0.1) is 6.92 Å². The summed E-state index contributed by atoms with van der Waals surface area (Å²) in [6.07, 6.45) is 0. The van der Waals surface area contributed by atoms with Crippen molar-refractivity contribution in [3.8, 4) is 21.8 Å². The Kier molecular flexibility index (Phi) is 6.18. The second-order valence-corrected chi connectivity index (χ2v) is 8.61. The second kappa shape index (κ2) is 9.00. The molecule has 0 saturated carbocycles. The zero-order valence-corrected chi connectivity index (χ0v) is 18.5. The molecule has 0 aliphatic carbocycles. The summed E-state index contributed by atoms with van der Waals surface area (Å²) in [5.41, 5.74) is 5.72. The molecule has 4 aromatic rings. The SMILES string of the molecule is Cc1ccc(-c2csc(-c3ccc(CNC(=O)c4cc(Cl)ccc4Cl)cc3)n2)cc1. The zero-order chi connectivity index (χ0) is 21.1. The van der Waals surface area contributed by atoms with Crippen LogP contribution >= 0.6 is 34.5 Å². The number of halogens is 2. The van der Waals surface area contributed by atoms with Crippen LogP contribution in [0.2, 0.25) is 10.0 Å². The lowest BCUT2D eigenvalue weighted by atomic mass is 10.1. The average molecular weight is 453 g/mol. The maximum atomic E-state index is 12.4. The Balaban J connectivity index is 1.42. The quantitative estimate of drug-likeness (QED) is 0.353. The highest BCUT2D eigenvalue weighted by atomic mass is 35.5. The number of carbonyl (C=O) groups excluding carboxylic acids is 1. The van der Waals surface area contributed by atoms with Crippen molar-refractivity contribution in [3.05, 3.63) is 98.8 Å². The van der Waals surface area contributed by atoms with Crippen molar-refractivity contribution in [2.75, 3.05) is 0 Å². The van der Waals surface area contributed by atoms with Crippen molar-refractivity contribution in [2.24, 2.45) is 0 Å². The third kappa shape index (κ3) is 4.73. The fourth-order valence-corrected chi connectivity index (χ4v) is 4.19. The number of aryl methyl sites for hydroxylation is 1. The minimum atomic E-state index is -0.255. The molecule has 3 aromatic carbocycles. The van der Waals surface area contributed by atoms with E-state index in [-0.39, 0.29) is 5.91 Å². The predicted molar refractivity (Wildman–Crippen MR) is 125 cm³/mol. The maximum absolute atomic E-state index is 12.4. The molecule has 1 aromatic heterocycles. The molecule has 0 radical (unpaired) electrons. The van der Waals surface area contributed by atoms with Crippen molar-refractivity contribution in [1.82, 2.24) is 10.3 Å². The number of carbonyl (C=O) groups is 1. The van der Waals surface area contributed by atoms with Crippen LogP contribution in [0.15, 0.2) is 72.1 Å². The minimum Gasteiger partial charge on any atom is -0.348 e. The normalized spacial score (nSPS) is 10.8. The summed E-state index contributed by atoms with van der Waals surface area (Å²) in [6.45, 7) is 2.47. The molecule has 3 nitrogen and oxygen atoms in total. The topological polar surface area (TPSA) is 42.0 Å². The summed E-state index contributed by atoms with van der Waals surface area (Å²) in [5, 5.41) is 6.76. The smallest absolute Gasteiger partial charge is 0.253 e. The lowest BCUT2D eigenvalue weighted by molar-refractivity contribution is 0.0951. The van der Waals surface area contributed by atoms with Crippen LogP contribution in [0.3, 0.4) is 0 Å². The number of thiazole rings is 1. The average Bonchev–Trinajstić information content (AvgIpc) is 3.25. The van der Waals surface area contributed by atoms with Gasteiger partial charge in [0, 0.05) is 28.1 Å². The molecule has 1 heterocycles. The number of hydrogen-bond acceptors (Lipinski definition) is 3. The van der Waals surface area contributed by atoms with Crippen LogP contribution in [0.25, 0.3) is 21.8 Å². The summed E-state index contributed by atoms with van der Waals surface area (Å²) in [5.74, 6) is -0.255. The van der Waals surface area contributed by atoms with Crippen LogP contribution in [0.5, 0.6) is 0 Å². The Bertz CT molecular complexity index is 1180. The van der Waals surface area contributed by atoms with Gasteiger partial charge in [0.15, 0.2) is 0 Å². The number of hydrogen-bond donors (Lipinski definition) is 1. The molecule has 0 atom stereocenters. The van der Waals surface area contributed by atoms with Crippen molar-refractivity contribution < 1.29 is 4.79 Å². The standard InChI is InChI=1S/C24H18Cl2N2OS/c1-15-2-6-17(7-3-15)22-14-30-24(28-22)18-8-4-16(5-9-18)13-27-23(29)20-12-19(25)10-11-21(20)26/h2-12,14H,13H2,1H3,(H,27,29). The van der Waals surface area contributed by atoms with E-state index < -0.39 is 0 Å². The molecule has 0 unspecified atom stereocenters. The van der Waals surface area contributed by atoms with E-state index in [1.165, 1.54) is 5.56 Å². The molecule has 1 N–H and O–H groups in total. The van der Waals surface area contributed by atoms with E-state index in [0.29, 0.717) is 22.2 Å². The molecule has 30 heavy (non-hydrogen) atoms. The van der Waals surface area contributed by atoms with Crippen LogP contribution in [-0.4, -0.2) is 10.9 Å². The number of amides is 1. The first-order valence-electron chi connectivity index (χ1n) is 9.35. The fraction of sp³-hybridized carbons (Fsp3) is 0.0833. The third-order valence-corrected chi connectivity index (χ3v) is 6.13. The molecule has 6 heteroatoms. The zero-order valence-electron chi connectivity index (χ0n) is 16.2. The van der Waals surface area contributed by atoms with Crippen LogP contribution in [0.4, 0.5) is 0 Å². The first kappa shape index (κ1) is 20.6. The van der Waals surface area contributed by atoms with Crippen LogP contribution < -0.4 is 5.32 Å². The van der Waals surface area contributed by atoms with Crippen molar-refractivity contribution in [1.29, 1.82) is 0 Å². The molecule has 0 saturated heterocycles. The summed E-state index contributed by atoms with van der Waals surface area (Å²) in [7, 11) is 0. The number of rotatable bonds is 5. The predicted octanol–water partition coefficient (Wildman–Crippen LogP) is 7.02. The van der Waals surface area contributed by atoms with Gasteiger partial charge in [0.05, 0.1) is 16.3 Å². The molecular weight excluding hydrogens is 435 g/mol. The van der Waals surface area contributed by atoms with Crippen molar-refractivity contribution in [3.63, 3.8) is 0 Å². The highest BCUT2D eigenvalue weighted by Gasteiger charge is 2.11. The molecule has 1 amide bonds. The largest absolute Gasteiger partial charge is 0.348 e. The van der Waals surface area contributed by atoms with E-state index in [2.05, 4.69) is 41.9 Å². The highest BCUT2D eigenvalue weighted by Crippen LogP contribution is 2.29. The van der Waals surface area contributed by atoms with Gasteiger partial charge in [-0.2, -0.15) is 0 Å².